The first-order chi connectivity index (χ1) is 20.0. The number of carbonyl (C=O) groups excluding carboxylic acids is 2. The van der Waals surface area contributed by atoms with Crippen LogP contribution in [-0.4, -0.2) is 21.3 Å². The van der Waals surface area contributed by atoms with Gasteiger partial charge < -0.3 is 14.6 Å². The lowest BCUT2D eigenvalue weighted by molar-refractivity contribution is -0.133. The molecule has 0 spiro atoms. The van der Waals surface area contributed by atoms with Crippen molar-refractivity contribution in [3.8, 4) is 29.0 Å². The number of ether oxygens (including phenoxy) is 1. The van der Waals surface area contributed by atoms with Crippen LogP contribution in [-0.2, 0) is 11.3 Å². The molecular formula is C35H29N3O3. The summed E-state index contributed by atoms with van der Waals surface area (Å²) in [7, 11) is 0. The highest BCUT2D eigenvalue weighted by Crippen LogP contribution is 2.33. The molecule has 6 heteroatoms. The van der Waals surface area contributed by atoms with E-state index in [1.807, 2.05) is 90.5 Å². The van der Waals surface area contributed by atoms with Gasteiger partial charge in [-0.05, 0) is 31.2 Å². The summed E-state index contributed by atoms with van der Waals surface area (Å²) in [6.07, 6.45) is 2.20. The molecule has 0 unspecified atom stereocenters. The van der Waals surface area contributed by atoms with Crippen LogP contribution < -0.4 is 10.1 Å². The summed E-state index contributed by atoms with van der Waals surface area (Å²) in [5, 5.41) is 3.36. The number of para-hydroxylation sites is 2. The number of imidazole rings is 1. The van der Waals surface area contributed by atoms with Gasteiger partial charge >= 0.3 is 5.97 Å². The van der Waals surface area contributed by atoms with E-state index in [1.165, 1.54) is 0 Å². The summed E-state index contributed by atoms with van der Waals surface area (Å²) in [6.45, 7) is 4.11. The summed E-state index contributed by atoms with van der Waals surface area (Å²) >= 11 is 0. The van der Waals surface area contributed by atoms with Gasteiger partial charge in [-0.2, -0.15) is 0 Å². The van der Waals surface area contributed by atoms with Crippen molar-refractivity contribution in [3.05, 3.63) is 132 Å². The van der Waals surface area contributed by atoms with E-state index in [4.69, 9.17) is 4.74 Å². The first-order valence-corrected chi connectivity index (χ1v) is 13.4. The molecule has 6 nitrogen and oxygen atoms in total. The van der Waals surface area contributed by atoms with E-state index in [9.17, 15) is 9.59 Å². The fourth-order valence-electron chi connectivity index (χ4n) is 4.42. The Morgan fingerprint density at radius 3 is 2.34 bits per heavy atom. The summed E-state index contributed by atoms with van der Waals surface area (Å²) in [6, 6.07) is 31.7. The predicted molar refractivity (Wildman–Crippen MR) is 161 cm³/mol. The Balaban J connectivity index is 1.51. The van der Waals surface area contributed by atoms with E-state index in [2.05, 4.69) is 22.1 Å². The second-order valence-electron chi connectivity index (χ2n) is 9.37. The van der Waals surface area contributed by atoms with Crippen molar-refractivity contribution in [1.82, 2.24) is 9.55 Å². The van der Waals surface area contributed by atoms with Gasteiger partial charge in [0, 0.05) is 35.0 Å². The quantitative estimate of drug-likeness (QED) is 0.0977. The summed E-state index contributed by atoms with van der Waals surface area (Å²) in [5.74, 6) is 7.19. The van der Waals surface area contributed by atoms with Gasteiger partial charge in [0.25, 0.3) is 0 Å². The average Bonchev–Trinajstić information content (AvgIpc) is 3.39. The molecular weight excluding hydrogens is 510 g/mol. The van der Waals surface area contributed by atoms with Gasteiger partial charge in [0.15, 0.2) is 11.5 Å². The molecule has 1 aromatic heterocycles. The molecule has 1 N–H and O–H groups in total. The zero-order chi connectivity index (χ0) is 28.6. The van der Waals surface area contributed by atoms with E-state index in [1.54, 1.807) is 37.3 Å². The van der Waals surface area contributed by atoms with Gasteiger partial charge in [0.2, 0.25) is 0 Å². The maximum absolute atomic E-state index is 13.4. The smallest absolute Gasteiger partial charge is 0.310 e. The van der Waals surface area contributed by atoms with E-state index in [-0.39, 0.29) is 18.2 Å². The molecule has 0 atom stereocenters. The van der Waals surface area contributed by atoms with Crippen LogP contribution in [0.3, 0.4) is 0 Å². The lowest BCUT2D eigenvalue weighted by atomic mass is 10.0. The highest BCUT2D eigenvalue weighted by Gasteiger charge is 2.17. The molecule has 202 valence electrons. The fourth-order valence-corrected chi connectivity index (χ4v) is 4.42. The van der Waals surface area contributed by atoms with Crippen LogP contribution in [0.25, 0.3) is 11.4 Å². The number of hydrogen-bond donors (Lipinski definition) is 1. The van der Waals surface area contributed by atoms with Crippen LogP contribution in [0.5, 0.6) is 5.75 Å². The number of esters is 1. The number of nitrogens with one attached hydrogen (secondary N) is 1. The first-order valence-electron chi connectivity index (χ1n) is 13.4. The van der Waals surface area contributed by atoms with Gasteiger partial charge in [-0.25, -0.2) is 4.98 Å². The van der Waals surface area contributed by atoms with E-state index in [0.717, 1.165) is 17.1 Å². The zero-order valence-electron chi connectivity index (χ0n) is 22.9. The lowest BCUT2D eigenvalue weighted by Gasteiger charge is -2.16. The molecule has 0 amide bonds. The van der Waals surface area contributed by atoms with Crippen molar-refractivity contribution in [3.63, 3.8) is 0 Å². The van der Waals surface area contributed by atoms with Crippen molar-refractivity contribution in [2.24, 2.45) is 0 Å². The van der Waals surface area contributed by atoms with E-state index in [0.29, 0.717) is 40.4 Å². The Morgan fingerprint density at radius 2 is 1.59 bits per heavy atom. The minimum absolute atomic E-state index is 0.117. The highest BCUT2D eigenvalue weighted by atomic mass is 16.5. The molecule has 0 saturated heterocycles. The standard InChI is InChI=1S/C35H29N3O3/c1-3-32(39)41-31-22-12-18-26(19-13-23-38-24-25(2)36-35(38)28-16-8-5-9-17-28)33(31)37-30-21-11-10-20-29(30)34(40)27-14-6-4-7-15-27/h4-12,14-18,20-22,24,37H,3,23H2,1-2H3. The lowest BCUT2D eigenvalue weighted by Crippen LogP contribution is -2.10. The number of hydrogen-bond acceptors (Lipinski definition) is 5. The van der Waals surface area contributed by atoms with Crippen molar-refractivity contribution >= 4 is 23.1 Å². The van der Waals surface area contributed by atoms with Crippen molar-refractivity contribution in [1.29, 1.82) is 0 Å². The highest BCUT2D eigenvalue weighted by molar-refractivity contribution is 6.12. The molecule has 0 aliphatic rings. The number of anilines is 2. The number of carbonyl (C=O) groups is 2. The fraction of sp³-hybridized carbons (Fsp3) is 0.114. The van der Waals surface area contributed by atoms with E-state index >= 15 is 0 Å². The van der Waals surface area contributed by atoms with Crippen LogP contribution in [0, 0.1) is 18.8 Å². The van der Waals surface area contributed by atoms with Crippen molar-refractivity contribution in [2.45, 2.75) is 26.8 Å². The first kappa shape index (κ1) is 27.2. The van der Waals surface area contributed by atoms with Gasteiger partial charge in [0.1, 0.15) is 5.82 Å². The minimum atomic E-state index is -0.367. The molecule has 0 bridgehead atoms. The SMILES string of the molecule is CCC(=O)Oc1cccc(C#CCn2cc(C)nc2-c2ccccc2)c1Nc1ccccc1C(=O)c1ccccc1. The molecule has 0 saturated carbocycles. The minimum Gasteiger partial charge on any atom is -0.424 e. The number of nitrogens with zero attached hydrogens (tertiary/aromatic N) is 2. The zero-order valence-corrected chi connectivity index (χ0v) is 22.9. The largest absolute Gasteiger partial charge is 0.424 e. The van der Waals surface area contributed by atoms with Gasteiger partial charge in [-0.15, -0.1) is 0 Å². The number of benzene rings is 4. The average molecular weight is 540 g/mol. The Bertz CT molecular complexity index is 1750. The third-order valence-corrected chi connectivity index (χ3v) is 6.41. The molecule has 1 heterocycles. The molecule has 0 aliphatic carbocycles. The van der Waals surface area contributed by atoms with Gasteiger partial charge in [-0.3, -0.25) is 9.59 Å². The molecule has 0 fully saturated rings. The maximum Gasteiger partial charge on any atom is 0.310 e. The van der Waals surface area contributed by atoms with E-state index < -0.39 is 0 Å². The Hall–Kier alpha value is -5.41. The van der Waals surface area contributed by atoms with Crippen LogP contribution in [0.4, 0.5) is 11.4 Å². The Morgan fingerprint density at radius 1 is 0.878 bits per heavy atom. The van der Waals surface area contributed by atoms with Crippen LogP contribution in [0.15, 0.2) is 109 Å². The summed E-state index contributed by atoms with van der Waals surface area (Å²) < 4.78 is 7.68. The second kappa shape index (κ2) is 12.6. The maximum atomic E-state index is 13.4. The Labute approximate surface area is 239 Å². The van der Waals surface area contributed by atoms with Crippen LogP contribution in [0.2, 0.25) is 0 Å². The van der Waals surface area contributed by atoms with Gasteiger partial charge in [-0.1, -0.05) is 97.6 Å². The molecule has 5 rings (SSSR count). The number of rotatable bonds is 8. The predicted octanol–water partition coefficient (Wildman–Crippen LogP) is 7.20. The topological polar surface area (TPSA) is 73.2 Å². The molecule has 0 aliphatic heterocycles. The number of aromatic nitrogens is 2. The summed E-state index contributed by atoms with van der Waals surface area (Å²) in [4.78, 5) is 30.3. The molecule has 0 radical (unpaired) electrons. The van der Waals surface area contributed by atoms with Crippen LogP contribution >= 0.6 is 0 Å². The van der Waals surface area contributed by atoms with Crippen molar-refractivity contribution < 1.29 is 14.3 Å². The summed E-state index contributed by atoms with van der Waals surface area (Å²) in [5.41, 5.74) is 4.72. The second-order valence-corrected chi connectivity index (χ2v) is 9.37. The van der Waals surface area contributed by atoms with Crippen LogP contribution in [0.1, 0.15) is 40.5 Å². The molecule has 41 heavy (non-hydrogen) atoms. The molecule has 5 aromatic rings. The third kappa shape index (κ3) is 6.43. The number of aryl methyl sites for hydroxylation is 1. The normalized spacial score (nSPS) is 10.4. The Kier molecular flexibility index (Phi) is 8.37. The number of ketones is 1. The van der Waals surface area contributed by atoms with Gasteiger partial charge in [0.05, 0.1) is 23.5 Å². The monoisotopic (exact) mass is 539 g/mol. The third-order valence-electron chi connectivity index (χ3n) is 6.41. The molecule has 4 aromatic carbocycles. The van der Waals surface area contributed by atoms with Crippen molar-refractivity contribution in [2.75, 3.05) is 5.32 Å².